The first kappa shape index (κ1) is 11.7. The summed E-state index contributed by atoms with van der Waals surface area (Å²) in [5.41, 5.74) is -0.399. The molecule has 0 bridgehead atoms. The third-order valence-corrected chi connectivity index (χ3v) is 5.00. The third kappa shape index (κ3) is 2.01. The van der Waals surface area contributed by atoms with Crippen LogP contribution >= 0.6 is 0 Å². The molecule has 0 unspecified atom stereocenters. The maximum atomic E-state index is 11.4. The van der Waals surface area contributed by atoms with Gasteiger partial charge in [0.15, 0.2) is 0 Å². The number of hydrogen-bond acceptors (Lipinski definition) is 3. The van der Waals surface area contributed by atoms with Crippen molar-refractivity contribution in [3.63, 3.8) is 0 Å². The normalized spacial score (nSPS) is 37.8. The first-order valence-electron chi connectivity index (χ1n) is 5.35. The molecule has 2 atom stereocenters. The van der Waals surface area contributed by atoms with Gasteiger partial charge in [0.2, 0.25) is 10.0 Å². The van der Waals surface area contributed by atoms with Crippen molar-refractivity contribution in [2.75, 3.05) is 12.3 Å². The smallest absolute Gasteiger partial charge is 0.407 e. The minimum absolute atomic E-state index is 0.132. The molecule has 0 radical (unpaired) electrons. The van der Waals surface area contributed by atoms with Gasteiger partial charge in [0.05, 0.1) is 5.75 Å². The summed E-state index contributed by atoms with van der Waals surface area (Å²) in [5.74, 6) is 0.160. The largest absolute Gasteiger partial charge is 0.465 e. The van der Waals surface area contributed by atoms with Gasteiger partial charge in [-0.05, 0) is 26.2 Å². The van der Waals surface area contributed by atoms with Crippen molar-refractivity contribution in [1.29, 1.82) is 0 Å². The van der Waals surface area contributed by atoms with E-state index in [-0.39, 0.29) is 11.8 Å². The SMILES string of the molecule is C[C@H]1C[C@]2(CCN1C(=O)O)CCS(=O)(=O)N2. The molecule has 0 aliphatic carbocycles. The van der Waals surface area contributed by atoms with E-state index in [1.165, 1.54) is 4.90 Å². The van der Waals surface area contributed by atoms with Gasteiger partial charge in [0.1, 0.15) is 0 Å². The lowest BCUT2D eigenvalue weighted by atomic mass is 9.83. The molecule has 16 heavy (non-hydrogen) atoms. The first-order valence-corrected chi connectivity index (χ1v) is 7.00. The second-order valence-electron chi connectivity index (χ2n) is 4.73. The van der Waals surface area contributed by atoms with Crippen molar-refractivity contribution in [1.82, 2.24) is 9.62 Å². The Labute approximate surface area is 94.7 Å². The lowest BCUT2D eigenvalue weighted by Crippen LogP contribution is -2.55. The molecule has 2 saturated heterocycles. The quantitative estimate of drug-likeness (QED) is 0.641. The van der Waals surface area contributed by atoms with Crippen LogP contribution in [0.4, 0.5) is 4.79 Å². The highest BCUT2D eigenvalue weighted by Crippen LogP contribution is 2.34. The van der Waals surface area contributed by atoms with Crippen molar-refractivity contribution in [3.05, 3.63) is 0 Å². The number of likely N-dealkylation sites (tertiary alicyclic amines) is 1. The highest BCUT2D eigenvalue weighted by molar-refractivity contribution is 7.89. The Morgan fingerprint density at radius 2 is 2.19 bits per heavy atom. The van der Waals surface area contributed by atoms with Crippen LogP contribution in [-0.4, -0.2) is 48.4 Å². The number of rotatable bonds is 0. The summed E-state index contributed by atoms with van der Waals surface area (Å²) in [7, 11) is -3.13. The van der Waals surface area contributed by atoms with Gasteiger partial charge in [-0.15, -0.1) is 0 Å². The molecule has 2 aliphatic heterocycles. The molecule has 1 spiro atoms. The molecular weight excluding hydrogens is 232 g/mol. The van der Waals surface area contributed by atoms with Crippen LogP contribution < -0.4 is 4.72 Å². The third-order valence-electron chi connectivity index (χ3n) is 3.52. The molecule has 0 aromatic carbocycles. The molecule has 92 valence electrons. The summed E-state index contributed by atoms with van der Waals surface area (Å²) in [6, 6.07) is -0.132. The van der Waals surface area contributed by atoms with Gasteiger partial charge in [0.25, 0.3) is 0 Å². The highest BCUT2D eigenvalue weighted by Gasteiger charge is 2.46. The minimum atomic E-state index is -3.13. The number of carboxylic acid groups (broad SMARTS) is 1. The fourth-order valence-corrected chi connectivity index (χ4v) is 4.41. The van der Waals surface area contributed by atoms with Gasteiger partial charge in [-0.1, -0.05) is 0 Å². The average Bonchev–Trinajstić information content (AvgIpc) is 2.41. The highest BCUT2D eigenvalue weighted by atomic mass is 32.2. The van der Waals surface area contributed by atoms with Crippen molar-refractivity contribution in [3.8, 4) is 0 Å². The predicted molar refractivity (Wildman–Crippen MR) is 57.7 cm³/mol. The first-order chi connectivity index (χ1) is 7.34. The molecule has 0 aromatic heterocycles. The van der Waals surface area contributed by atoms with E-state index in [4.69, 9.17) is 5.11 Å². The zero-order valence-electron chi connectivity index (χ0n) is 9.14. The molecule has 2 rings (SSSR count). The number of nitrogens with one attached hydrogen (secondary N) is 1. The summed E-state index contributed by atoms with van der Waals surface area (Å²) in [5, 5.41) is 8.93. The standard InChI is InChI=1S/C9H16N2O4S/c1-7-6-9(2-4-11(7)8(12)13)3-5-16(14,15)10-9/h7,10H,2-6H2,1H3,(H,12,13)/t7-,9-/m0/s1. The van der Waals surface area contributed by atoms with Crippen LogP contribution in [0.25, 0.3) is 0 Å². The number of piperidine rings is 1. The molecule has 2 fully saturated rings. The number of carbonyl (C=O) groups is 1. The zero-order valence-corrected chi connectivity index (χ0v) is 9.96. The molecule has 0 aromatic rings. The summed E-state index contributed by atoms with van der Waals surface area (Å²) < 4.78 is 25.5. The maximum absolute atomic E-state index is 11.4. The molecule has 2 N–H and O–H groups in total. The number of sulfonamides is 1. The molecule has 1 amide bonds. The topological polar surface area (TPSA) is 86.7 Å². The summed E-state index contributed by atoms with van der Waals surface area (Å²) in [6.45, 7) is 2.22. The summed E-state index contributed by atoms with van der Waals surface area (Å²) >= 11 is 0. The average molecular weight is 248 g/mol. The zero-order chi connectivity index (χ0) is 12.0. The molecular formula is C9H16N2O4S. The summed E-state index contributed by atoms with van der Waals surface area (Å²) in [6.07, 6.45) is 0.803. The Hall–Kier alpha value is -0.820. The van der Waals surface area contributed by atoms with Crippen LogP contribution in [0.15, 0.2) is 0 Å². The molecule has 0 saturated carbocycles. The second kappa shape index (κ2) is 3.59. The monoisotopic (exact) mass is 248 g/mol. The summed E-state index contributed by atoms with van der Waals surface area (Å²) in [4.78, 5) is 12.3. The lowest BCUT2D eigenvalue weighted by molar-refractivity contribution is 0.0842. The van der Waals surface area contributed by atoms with Crippen molar-refractivity contribution in [2.45, 2.75) is 37.8 Å². The lowest BCUT2D eigenvalue weighted by Gasteiger charge is -2.41. The number of nitrogens with zero attached hydrogens (tertiary/aromatic N) is 1. The van der Waals surface area contributed by atoms with Crippen LogP contribution in [0.2, 0.25) is 0 Å². The van der Waals surface area contributed by atoms with Crippen LogP contribution in [0.5, 0.6) is 0 Å². The van der Waals surface area contributed by atoms with E-state index >= 15 is 0 Å². The minimum Gasteiger partial charge on any atom is -0.465 e. The molecule has 2 aliphatic rings. The maximum Gasteiger partial charge on any atom is 0.407 e. The Morgan fingerprint density at radius 3 is 2.62 bits per heavy atom. The van der Waals surface area contributed by atoms with E-state index in [2.05, 4.69) is 4.72 Å². The van der Waals surface area contributed by atoms with E-state index in [1.54, 1.807) is 0 Å². The Kier molecular flexibility index (Phi) is 2.62. The van der Waals surface area contributed by atoms with Crippen molar-refractivity contribution < 1.29 is 18.3 Å². The van der Waals surface area contributed by atoms with Gasteiger partial charge < -0.3 is 10.0 Å². The van der Waals surface area contributed by atoms with Crippen LogP contribution in [0.3, 0.4) is 0 Å². The number of amides is 1. The van der Waals surface area contributed by atoms with Gasteiger partial charge >= 0.3 is 6.09 Å². The Bertz CT molecular complexity index is 408. The number of hydrogen-bond donors (Lipinski definition) is 2. The molecule has 2 heterocycles. The van der Waals surface area contributed by atoms with Gasteiger partial charge in [0, 0.05) is 18.1 Å². The fraction of sp³-hybridized carbons (Fsp3) is 0.889. The van der Waals surface area contributed by atoms with Gasteiger partial charge in [-0.3, -0.25) is 0 Å². The van der Waals surface area contributed by atoms with Crippen molar-refractivity contribution in [2.24, 2.45) is 0 Å². The molecule has 7 heteroatoms. The van der Waals surface area contributed by atoms with E-state index in [0.717, 1.165) is 0 Å². The van der Waals surface area contributed by atoms with E-state index in [9.17, 15) is 13.2 Å². The van der Waals surface area contributed by atoms with Gasteiger partial charge in [-0.25, -0.2) is 17.9 Å². The van der Waals surface area contributed by atoms with E-state index in [0.29, 0.717) is 25.8 Å². The van der Waals surface area contributed by atoms with Crippen LogP contribution in [0.1, 0.15) is 26.2 Å². The Balaban J connectivity index is 2.11. The van der Waals surface area contributed by atoms with Crippen LogP contribution in [-0.2, 0) is 10.0 Å². The Morgan fingerprint density at radius 1 is 1.50 bits per heavy atom. The second-order valence-corrected chi connectivity index (χ2v) is 6.57. The van der Waals surface area contributed by atoms with Gasteiger partial charge in [-0.2, -0.15) is 0 Å². The predicted octanol–water partition coefficient (Wildman–Crippen LogP) is 0.211. The fourth-order valence-electron chi connectivity index (χ4n) is 2.70. The van der Waals surface area contributed by atoms with Crippen LogP contribution in [0, 0.1) is 0 Å². The van der Waals surface area contributed by atoms with E-state index < -0.39 is 21.7 Å². The molecule has 6 nitrogen and oxygen atoms in total. The van der Waals surface area contributed by atoms with Crippen molar-refractivity contribution >= 4 is 16.1 Å². The van der Waals surface area contributed by atoms with E-state index in [1.807, 2.05) is 6.92 Å².